The van der Waals surface area contributed by atoms with Gasteiger partial charge in [-0.05, 0) is 39.8 Å². The molecule has 2 amide bonds. The molecule has 1 aliphatic rings. The molecule has 3 heterocycles. The smallest absolute Gasteiger partial charge is 0.410 e. The second-order valence-electron chi connectivity index (χ2n) is 8.48. The molecule has 0 aromatic carbocycles. The zero-order chi connectivity index (χ0) is 23.1. The van der Waals surface area contributed by atoms with E-state index in [0.29, 0.717) is 42.9 Å². The zero-order valence-corrected chi connectivity index (χ0v) is 20.0. The fourth-order valence-corrected chi connectivity index (χ4v) is 4.12. The number of rotatable bonds is 8. The molecule has 0 spiro atoms. The third kappa shape index (κ3) is 6.73. The minimum atomic E-state index is -0.485. The van der Waals surface area contributed by atoms with E-state index in [1.165, 1.54) is 11.8 Å². The van der Waals surface area contributed by atoms with Crippen LogP contribution in [0.5, 0.6) is 0 Å². The predicted molar refractivity (Wildman–Crippen MR) is 121 cm³/mol. The topological polar surface area (TPSA) is 106 Å². The van der Waals surface area contributed by atoms with Crippen molar-refractivity contribution in [2.45, 2.75) is 45.0 Å². The lowest BCUT2D eigenvalue weighted by molar-refractivity contribution is -0.118. The number of nitrogens with zero attached hydrogens (tertiary/aromatic N) is 5. The Kier molecular flexibility index (Phi) is 8.19. The van der Waals surface area contributed by atoms with Crippen LogP contribution in [0.25, 0.3) is 11.6 Å². The summed E-state index contributed by atoms with van der Waals surface area (Å²) in [5.41, 5.74) is -0.485. The molecule has 0 aliphatic carbocycles. The summed E-state index contributed by atoms with van der Waals surface area (Å²) in [6.45, 7) is 12.4. The molecule has 32 heavy (non-hydrogen) atoms. The summed E-state index contributed by atoms with van der Waals surface area (Å²) < 4.78 is 12.8. The molecule has 0 atom stereocenters. The summed E-state index contributed by atoms with van der Waals surface area (Å²) in [6, 6.07) is 3.65. The quantitative estimate of drug-likeness (QED) is 0.594. The summed E-state index contributed by atoms with van der Waals surface area (Å²) in [5, 5.41) is 12.0. The van der Waals surface area contributed by atoms with E-state index < -0.39 is 5.60 Å². The van der Waals surface area contributed by atoms with Crippen molar-refractivity contribution in [1.29, 1.82) is 0 Å². The van der Waals surface area contributed by atoms with Crippen LogP contribution in [0.15, 0.2) is 28.0 Å². The average molecular weight is 465 g/mol. The molecule has 11 heteroatoms. The summed E-state index contributed by atoms with van der Waals surface area (Å²) in [7, 11) is 0. The number of aromatic nitrogens is 3. The summed E-state index contributed by atoms with van der Waals surface area (Å²) in [5.74, 6) is 1.53. The molecule has 0 bridgehead atoms. The van der Waals surface area contributed by atoms with Crippen LogP contribution in [0.3, 0.4) is 0 Å². The number of piperazine rings is 1. The van der Waals surface area contributed by atoms with Crippen molar-refractivity contribution < 1.29 is 18.7 Å². The Morgan fingerprint density at radius 3 is 2.59 bits per heavy atom. The summed E-state index contributed by atoms with van der Waals surface area (Å²) in [6.07, 6.45) is 1.33. The minimum Gasteiger partial charge on any atom is -0.461 e. The molecule has 0 saturated carbocycles. The highest BCUT2D eigenvalue weighted by Gasteiger charge is 2.25. The number of hydrogen-bond donors (Lipinski definition) is 1. The van der Waals surface area contributed by atoms with Gasteiger partial charge in [-0.25, -0.2) is 4.79 Å². The summed E-state index contributed by atoms with van der Waals surface area (Å²) >= 11 is 1.36. The van der Waals surface area contributed by atoms with E-state index in [0.717, 1.165) is 19.6 Å². The first kappa shape index (κ1) is 24.1. The van der Waals surface area contributed by atoms with Crippen LogP contribution in [0.4, 0.5) is 4.79 Å². The number of amides is 2. The fourth-order valence-electron chi connectivity index (χ4n) is 3.28. The van der Waals surface area contributed by atoms with E-state index in [1.54, 1.807) is 11.2 Å². The van der Waals surface area contributed by atoms with Gasteiger partial charge in [-0.3, -0.25) is 14.3 Å². The van der Waals surface area contributed by atoms with Crippen molar-refractivity contribution in [2.24, 2.45) is 0 Å². The van der Waals surface area contributed by atoms with Gasteiger partial charge in [0.25, 0.3) is 0 Å². The Bertz CT molecular complexity index is 885. The minimum absolute atomic E-state index is 0.0485. The van der Waals surface area contributed by atoms with Crippen LogP contribution < -0.4 is 5.32 Å². The van der Waals surface area contributed by atoms with Gasteiger partial charge in [0, 0.05) is 45.8 Å². The third-order valence-electron chi connectivity index (χ3n) is 4.88. The number of hydrogen-bond acceptors (Lipinski definition) is 8. The maximum Gasteiger partial charge on any atom is 0.410 e. The molecule has 0 radical (unpaired) electrons. The first-order valence-electron chi connectivity index (χ1n) is 10.8. The van der Waals surface area contributed by atoms with Gasteiger partial charge in [-0.2, -0.15) is 0 Å². The van der Waals surface area contributed by atoms with Gasteiger partial charge >= 0.3 is 6.09 Å². The molecule has 2 aromatic heterocycles. The predicted octanol–water partition coefficient (Wildman–Crippen LogP) is 2.32. The number of furan rings is 1. The van der Waals surface area contributed by atoms with Crippen molar-refractivity contribution >= 4 is 23.8 Å². The second kappa shape index (κ2) is 10.9. The highest BCUT2D eigenvalue weighted by atomic mass is 32.2. The molecule has 1 aliphatic heterocycles. The van der Waals surface area contributed by atoms with Crippen molar-refractivity contribution in [3.05, 3.63) is 18.4 Å². The van der Waals surface area contributed by atoms with E-state index in [2.05, 4.69) is 20.4 Å². The molecular formula is C21H32N6O4S. The van der Waals surface area contributed by atoms with E-state index in [4.69, 9.17) is 9.15 Å². The fraction of sp³-hybridized carbons (Fsp3) is 0.619. The summed E-state index contributed by atoms with van der Waals surface area (Å²) in [4.78, 5) is 28.4. The van der Waals surface area contributed by atoms with E-state index >= 15 is 0 Å². The Morgan fingerprint density at radius 1 is 1.22 bits per heavy atom. The number of thioether (sulfide) groups is 1. The van der Waals surface area contributed by atoms with E-state index in [9.17, 15) is 9.59 Å². The van der Waals surface area contributed by atoms with Gasteiger partial charge in [0.15, 0.2) is 16.7 Å². The molecule has 1 fully saturated rings. The van der Waals surface area contributed by atoms with Gasteiger partial charge in [-0.1, -0.05) is 11.8 Å². The number of carbonyl (C=O) groups excluding carboxylic acids is 2. The normalized spacial score (nSPS) is 15.1. The number of nitrogens with one attached hydrogen (secondary N) is 1. The van der Waals surface area contributed by atoms with Crippen LogP contribution in [0.1, 0.15) is 27.7 Å². The van der Waals surface area contributed by atoms with Crippen LogP contribution in [-0.2, 0) is 16.1 Å². The highest BCUT2D eigenvalue weighted by molar-refractivity contribution is 7.99. The SMILES string of the molecule is CCn1c(SCC(=O)NCCN2CCN(C(=O)OC(C)(C)C)CC2)nnc1-c1ccco1. The van der Waals surface area contributed by atoms with Crippen molar-refractivity contribution in [3.8, 4) is 11.6 Å². The molecule has 2 aromatic rings. The van der Waals surface area contributed by atoms with Gasteiger partial charge in [0.05, 0.1) is 12.0 Å². The van der Waals surface area contributed by atoms with Crippen LogP contribution in [0.2, 0.25) is 0 Å². The lowest BCUT2D eigenvalue weighted by Gasteiger charge is -2.35. The Hall–Kier alpha value is -2.53. The van der Waals surface area contributed by atoms with Gasteiger partial charge < -0.3 is 19.4 Å². The first-order valence-corrected chi connectivity index (χ1v) is 11.8. The molecule has 0 unspecified atom stereocenters. The van der Waals surface area contributed by atoms with Gasteiger partial charge in [0.2, 0.25) is 5.91 Å². The van der Waals surface area contributed by atoms with Crippen LogP contribution >= 0.6 is 11.8 Å². The maximum atomic E-state index is 12.3. The first-order chi connectivity index (χ1) is 15.3. The maximum absolute atomic E-state index is 12.3. The standard InChI is InChI=1S/C21H32N6O4S/c1-5-27-18(16-7-6-14-30-16)23-24-19(27)32-15-17(28)22-8-9-25-10-12-26(13-11-25)20(29)31-21(2,3)4/h6-7,14H,5,8-13,15H2,1-4H3,(H,22,28). The van der Waals surface area contributed by atoms with Gasteiger partial charge in [-0.15, -0.1) is 10.2 Å². The lowest BCUT2D eigenvalue weighted by Crippen LogP contribution is -2.51. The Morgan fingerprint density at radius 2 is 1.97 bits per heavy atom. The van der Waals surface area contributed by atoms with E-state index in [1.807, 2.05) is 44.4 Å². The molecule has 1 saturated heterocycles. The Labute approximate surface area is 192 Å². The molecule has 3 rings (SSSR count). The molecule has 176 valence electrons. The highest BCUT2D eigenvalue weighted by Crippen LogP contribution is 2.24. The molecular weight excluding hydrogens is 432 g/mol. The zero-order valence-electron chi connectivity index (χ0n) is 19.2. The third-order valence-corrected chi connectivity index (χ3v) is 5.85. The Balaban J connectivity index is 1.36. The van der Waals surface area contributed by atoms with Crippen molar-refractivity contribution in [1.82, 2.24) is 29.9 Å². The largest absolute Gasteiger partial charge is 0.461 e. The lowest BCUT2D eigenvalue weighted by atomic mass is 10.2. The second-order valence-corrected chi connectivity index (χ2v) is 9.42. The average Bonchev–Trinajstić information content (AvgIpc) is 3.40. The van der Waals surface area contributed by atoms with Crippen molar-refractivity contribution in [2.75, 3.05) is 45.0 Å². The van der Waals surface area contributed by atoms with Crippen LogP contribution in [-0.4, -0.2) is 87.2 Å². The van der Waals surface area contributed by atoms with Crippen LogP contribution in [0, 0.1) is 0 Å². The monoisotopic (exact) mass is 464 g/mol. The van der Waals surface area contributed by atoms with E-state index in [-0.39, 0.29) is 17.8 Å². The van der Waals surface area contributed by atoms with Crippen molar-refractivity contribution in [3.63, 3.8) is 0 Å². The molecule has 1 N–H and O–H groups in total. The van der Waals surface area contributed by atoms with Gasteiger partial charge in [0.1, 0.15) is 5.60 Å². The number of carbonyl (C=O) groups is 2. The number of ether oxygens (including phenoxy) is 1. The molecule has 10 nitrogen and oxygen atoms in total.